The van der Waals surface area contributed by atoms with E-state index in [1.165, 1.54) is 12.1 Å². The molecule has 3 rings (SSSR count). The third kappa shape index (κ3) is 6.11. The number of likely N-dealkylation sites (N-methyl/N-ethyl adjacent to an activating group) is 1. The van der Waals surface area contributed by atoms with Crippen LogP contribution in [-0.2, 0) is 23.0 Å². The summed E-state index contributed by atoms with van der Waals surface area (Å²) in [7, 11) is -1.57. The topological polar surface area (TPSA) is 95.7 Å². The predicted molar refractivity (Wildman–Crippen MR) is 113 cm³/mol. The van der Waals surface area contributed by atoms with Gasteiger partial charge in [0.05, 0.1) is 4.90 Å². The van der Waals surface area contributed by atoms with Crippen LogP contribution in [0.4, 0.5) is 0 Å². The van der Waals surface area contributed by atoms with Gasteiger partial charge >= 0.3 is 0 Å². The number of nitrogens with zero attached hydrogens (tertiary/aromatic N) is 2. The van der Waals surface area contributed by atoms with Gasteiger partial charge in [0.15, 0.2) is 0 Å². The Bertz CT molecular complexity index is 919. The van der Waals surface area contributed by atoms with Crippen molar-refractivity contribution in [3.8, 4) is 0 Å². The number of sulfonamides is 1. The van der Waals surface area contributed by atoms with Gasteiger partial charge in [0, 0.05) is 38.3 Å². The average Bonchev–Trinajstić information content (AvgIpc) is 2.71. The lowest BCUT2D eigenvalue weighted by Crippen LogP contribution is -2.47. The fourth-order valence-electron chi connectivity index (χ4n) is 3.27. The average molecular weight is 417 g/mol. The first-order chi connectivity index (χ1) is 13.8. The van der Waals surface area contributed by atoms with Crippen molar-refractivity contribution < 1.29 is 13.2 Å². The standard InChI is InChI=1S/C21H28N4O3S/c1-24-12-14-25(15-13-24)21(26)19-6-2-18(3-7-19)16-23-11-10-17-4-8-20(9-5-17)29(22,27)28/h2-9,23H,10-16H2,1H3,(H2,22,27,28). The number of carbonyl (C=O) groups is 1. The van der Waals surface area contributed by atoms with Gasteiger partial charge in [0.1, 0.15) is 0 Å². The summed E-state index contributed by atoms with van der Waals surface area (Å²) in [5.74, 6) is 0.0977. The van der Waals surface area contributed by atoms with Gasteiger partial charge in [-0.25, -0.2) is 13.6 Å². The maximum absolute atomic E-state index is 12.6. The Labute approximate surface area is 172 Å². The van der Waals surface area contributed by atoms with E-state index in [2.05, 4.69) is 17.3 Å². The molecule has 0 saturated carbocycles. The highest BCUT2D eigenvalue weighted by molar-refractivity contribution is 7.89. The van der Waals surface area contributed by atoms with Crippen LogP contribution in [-0.4, -0.2) is 63.9 Å². The molecule has 2 aromatic carbocycles. The number of nitrogens with two attached hydrogens (primary N) is 1. The van der Waals surface area contributed by atoms with E-state index >= 15 is 0 Å². The summed E-state index contributed by atoms with van der Waals surface area (Å²) in [6.07, 6.45) is 0.783. The molecule has 0 aliphatic carbocycles. The fourth-order valence-corrected chi connectivity index (χ4v) is 3.78. The number of amides is 1. The molecule has 0 radical (unpaired) electrons. The van der Waals surface area contributed by atoms with Crippen LogP contribution in [0.25, 0.3) is 0 Å². The van der Waals surface area contributed by atoms with Crippen LogP contribution in [0.3, 0.4) is 0 Å². The lowest BCUT2D eigenvalue weighted by Gasteiger charge is -2.32. The van der Waals surface area contributed by atoms with Crippen molar-refractivity contribution >= 4 is 15.9 Å². The van der Waals surface area contributed by atoms with Crippen molar-refractivity contribution in [1.29, 1.82) is 0 Å². The Hall–Kier alpha value is -2.26. The molecule has 156 valence electrons. The zero-order valence-corrected chi connectivity index (χ0v) is 17.5. The van der Waals surface area contributed by atoms with Crippen LogP contribution in [0.5, 0.6) is 0 Å². The molecule has 7 nitrogen and oxygen atoms in total. The second-order valence-electron chi connectivity index (χ2n) is 7.41. The van der Waals surface area contributed by atoms with Crippen LogP contribution < -0.4 is 10.5 Å². The Morgan fingerprint density at radius 2 is 1.55 bits per heavy atom. The number of carbonyl (C=O) groups excluding carboxylic acids is 1. The summed E-state index contributed by atoms with van der Waals surface area (Å²) >= 11 is 0. The van der Waals surface area contributed by atoms with Crippen LogP contribution in [0.15, 0.2) is 53.4 Å². The molecular weight excluding hydrogens is 388 g/mol. The zero-order chi connectivity index (χ0) is 20.9. The second kappa shape index (κ2) is 9.49. The summed E-state index contributed by atoms with van der Waals surface area (Å²) in [4.78, 5) is 16.8. The molecule has 1 heterocycles. The van der Waals surface area contributed by atoms with Gasteiger partial charge in [-0.1, -0.05) is 24.3 Å². The van der Waals surface area contributed by atoms with Crippen molar-refractivity contribution in [3.05, 3.63) is 65.2 Å². The van der Waals surface area contributed by atoms with Crippen LogP contribution in [0.2, 0.25) is 0 Å². The molecule has 0 spiro atoms. The third-order valence-electron chi connectivity index (χ3n) is 5.16. The predicted octanol–water partition coefficient (Wildman–Crippen LogP) is 1.05. The largest absolute Gasteiger partial charge is 0.336 e. The molecule has 29 heavy (non-hydrogen) atoms. The van der Waals surface area contributed by atoms with E-state index in [4.69, 9.17) is 5.14 Å². The highest BCUT2D eigenvalue weighted by atomic mass is 32.2. The summed E-state index contributed by atoms with van der Waals surface area (Å²) < 4.78 is 22.5. The molecule has 1 fully saturated rings. The van der Waals surface area contributed by atoms with Crippen molar-refractivity contribution in [1.82, 2.24) is 15.1 Å². The van der Waals surface area contributed by atoms with Gasteiger partial charge in [0.25, 0.3) is 5.91 Å². The first-order valence-electron chi connectivity index (χ1n) is 9.72. The number of hydrogen-bond donors (Lipinski definition) is 2. The first kappa shape index (κ1) is 21.4. The lowest BCUT2D eigenvalue weighted by molar-refractivity contribution is 0.0664. The molecule has 1 amide bonds. The molecule has 8 heteroatoms. The van der Waals surface area contributed by atoms with E-state index in [1.807, 2.05) is 29.2 Å². The molecule has 1 aliphatic heterocycles. The molecule has 0 atom stereocenters. The number of hydrogen-bond acceptors (Lipinski definition) is 5. The van der Waals surface area contributed by atoms with Crippen LogP contribution in [0, 0.1) is 0 Å². The van der Waals surface area contributed by atoms with E-state index in [9.17, 15) is 13.2 Å². The monoisotopic (exact) mass is 416 g/mol. The maximum Gasteiger partial charge on any atom is 0.253 e. The van der Waals surface area contributed by atoms with Crippen molar-refractivity contribution in [2.75, 3.05) is 39.8 Å². The molecule has 1 aliphatic rings. The Morgan fingerprint density at radius 1 is 0.966 bits per heavy atom. The summed E-state index contributed by atoms with van der Waals surface area (Å²) in [5.41, 5.74) is 2.88. The van der Waals surface area contributed by atoms with Gasteiger partial charge in [-0.15, -0.1) is 0 Å². The first-order valence-corrected chi connectivity index (χ1v) is 11.3. The molecule has 0 unspecified atom stereocenters. The van der Waals surface area contributed by atoms with Crippen LogP contribution >= 0.6 is 0 Å². The van der Waals surface area contributed by atoms with Gasteiger partial charge in [-0.05, 0) is 55.4 Å². The second-order valence-corrected chi connectivity index (χ2v) is 8.97. The van der Waals surface area contributed by atoms with E-state index < -0.39 is 10.0 Å². The van der Waals surface area contributed by atoms with Gasteiger partial charge in [0.2, 0.25) is 10.0 Å². The molecular formula is C21H28N4O3S. The molecule has 1 saturated heterocycles. The minimum atomic E-state index is -3.65. The normalized spacial score (nSPS) is 15.4. The van der Waals surface area contributed by atoms with Crippen molar-refractivity contribution in [2.24, 2.45) is 5.14 Å². The van der Waals surface area contributed by atoms with E-state index in [-0.39, 0.29) is 10.8 Å². The van der Waals surface area contributed by atoms with Gasteiger partial charge in [-0.2, -0.15) is 0 Å². The summed E-state index contributed by atoms with van der Waals surface area (Å²) in [6, 6.07) is 14.4. The molecule has 0 bridgehead atoms. The van der Waals surface area contributed by atoms with Crippen LogP contribution in [0.1, 0.15) is 21.5 Å². The quantitative estimate of drug-likeness (QED) is 0.658. The number of piperazine rings is 1. The smallest absolute Gasteiger partial charge is 0.253 e. The molecule has 0 aromatic heterocycles. The number of nitrogens with one attached hydrogen (secondary N) is 1. The zero-order valence-electron chi connectivity index (χ0n) is 16.7. The minimum absolute atomic E-state index is 0.0977. The molecule has 2 aromatic rings. The fraction of sp³-hybridized carbons (Fsp3) is 0.381. The number of primary sulfonamides is 1. The Balaban J connectivity index is 1.44. The number of rotatable bonds is 7. The lowest BCUT2D eigenvalue weighted by atomic mass is 10.1. The van der Waals surface area contributed by atoms with E-state index in [0.29, 0.717) is 6.54 Å². The highest BCUT2D eigenvalue weighted by Gasteiger charge is 2.20. The number of benzene rings is 2. The van der Waals surface area contributed by atoms with E-state index in [1.54, 1.807) is 12.1 Å². The van der Waals surface area contributed by atoms with Crippen molar-refractivity contribution in [3.63, 3.8) is 0 Å². The summed E-state index contributed by atoms with van der Waals surface area (Å²) in [5, 5.41) is 8.47. The van der Waals surface area contributed by atoms with Crippen molar-refractivity contribution in [2.45, 2.75) is 17.9 Å². The minimum Gasteiger partial charge on any atom is -0.336 e. The highest BCUT2D eigenvalue weighted by Crippen LogP contribution is 2.11. The van der Waals surface area contributed by atoms with E-state index in [0.717, 1.165) is 55.8 Å². The maximum atomic E-state index is 12.6. The van der Waals surface area contributed by atoms with Gasteiger partial charge in [-0.3, -0.25) is 4.79 Å². The Morgan fingerprint density at radius 3 is 2.14 bits per heavy atom. The summed E-state index contributed by atoms with van der Waals surface area (Å²) in [6.45, 7) is 4.85. The SMILES string of the molecule is CN1CCN(C(=O)c2ccc(CNCCc3ccc(S(N)(=O)=O)cc3)cc2)CC1. The molecule has 3 N–H and O–H groups in total. The Kier molecular flexibility index (Phi) is 7.02. The third-order valence-corrected chi connectivity index (χ3v) is 6.09. The van der Waals surface area contributed by atoms with Gasteiger partial charge < -0.3 is 15.1 Å².